The minimum absolute atomic E-state index is 0.0749. The fourth-order valence-corrected chi connectivity index (χ4v) is 4.80. The Bertz CT molecular complexity index is 1080. The third-order valence-electron chi connectivity index (χ3n) is 6.63. The number of aromatic nitrogens is 1. The normalized spacial score (nSPS) is 19.1. The van der Waals surface area contributed by atoms with E-state index in [2.05, 4.69) is 19.9 Å². The average Bonchev–Trinajstić information content (AvgIpc) is 3.39. The number of carboxylic acid groups (broad SMARTS) is 1. The van der Waals surface area contributed by atoms with Crippen molar-refractivity contribution in [3.63, 3.8) is 0 Å². The van der Waals surface area contributed by atoms with Gasteiger partial charge in [0, 0.05) is 35.9 Å². The predicted molar refractivity (Wildman–Crippen MR) is 113 cm³/mol. The first-order chi connectivity index (χ1) is 14.4. The second kappa shape index (κ2) is 7.18. The van der Waals surface area contributed by atoms with Gasteiger partial charge in [-0.05, 0) is 36.3 Å². The van der Waals surface area contributed by atoms with Crippen molar-refractivity contribution in [2.75, 3.05) is 13.2 Å². The van der Waals surface area contributed by atoms with E-state index < -0.39 is 11.4 Å². The summed E-state index contributed by atoms with van der Waals surface area (Å²) in [4.78, 5) is 24.1. The SMILES string of the molecule is CC(C)[C@@H]1Cc2cc(OCCC3CC3)c3c(c2-c2cc(=O)c(C(=O)O)cn21)CCO3. The highest BCUT2D eigenvalue weighted by Gasteiger charge is 2.34. The third-order valence-corrected chi connectivity index (χ3v) is 6.63. The molecule has 0 radical (unpaired) electrons. The van der Waals surface area contributed by atoms with Gasteiger partial charge in [0.1, 0.15) is 5.56 Å². The van der Waals surface area contributed by atoms with E-state index in [9.17, 15) is 14.7 Å². The fraction of sp³-hybridized carbons (Fsp3) is 0.500. The molecule has 1 atom stereocenters. The average molecular weight is 409 g/mol. The molecule has 6 nitrogen and oxygen atoms in total. The highest BCUT2D eigenvalue weighted by molar-refractivity contribution is 5.88. The molecular weight excluding hydrogens is 382 g/mol. The monoisotopic (exact) mass is 409 g/mol. The second-order valence-corrected chi connectivity index (χ2v) is 9.06. The summed E-state index contributed by atoms with van der Waals surface area (Å²) in [5.41, 5.74) is 3.40. The van der Waals surface area contributed by atoms with Crippen LogP contribution < -0.4 is 14.9 Å². The highest BCUT2D eigenvalue weighted by Crippen LogP contribution is 2.48. The van der Waals surface area contributed by atoms with Crippen molar-refractivity contribution < 1.29 is 19.4 Å². The first-order valence-electron chi connectivity index (χ1n) is 10.9. The Labute approximate surface area is 175 Å². The van der Waals surface area contributed by atoms with Crippen molar-refractivity contribution in [2.24, 2.45) is 11.8 Å². The van der Waals surface area contributed by atoms with Crippen LogP contribution in [-0.2, 0) is 12.8 Å². The van der Waals surface area contributed by atoms with Gasteiger partial charge in [0.15, 0.2) is 16.9 Å². The molecule has 6 heteroatoms. The van der Waals surface area contributed by atoms with Gasteiger partial charge in [0.25, 0.3) is 0 Å². The summed E-state index contributed by atoms with van der Waals surface area (Å²) in [6.07, 6.45) is 6.75. The molecule has 30 heavy (non-hydrogen) atoms. The maximum absolute atomic E-state index is 12.5. The molecule has 0 amide bonds. The van der Waals surface area contributed by atoms with Crippen molar-refractivity contribution >= 4 is 5.97 Å². The van der Waals surface area contributed by atoms with Crippen LogP contribution in [0.25, 0.3) is 11.3 Å². The van der Waals surface area contributed by atoms with Crippen molar-refractivity contribution in [1.82, 2.24) is 4.57 Å². The molecule has 1 N–H and O–H groups in total. The van der Waals surface area contributed by atoms with E-state index >= 15 is 0 Å². The number of hydrogen-bond acceptors (Lipinski definition) is 4. The van der Waals surface area contributed by atoms with Gasteiger partial charge < -0.3 is 19.1 Å². The van der Waals surface area contributed by atoms with Crippen molar-refractivity contribution in [3.8, 4) is 22.8 Å². The Kier molecular flexibility index (Phi) is 4.60. The number of rotatable bonds is 6. The molecular formula is C24H27NO5. The van der Waals surface area contributed by atoms with E-state index in [1.165, 1.54) is 25.1 Å². The lowest BCUT2D eigenvalue weighted by Gasteiger charge is -2.34. The van der Waals surface area contributed by atoms with Crippen LogP contribution in [0.5, 0.6) is 11.5 Å². The molecule has 1 fully saturated rings. The molecule has 1 aromatic carbocycles. The summed E-state index contributed by atoms with van der Waals surface area (Å²) in [6.45, 7) is 5.55. The van der Waals surface area contributed by atoms with E-state index in [-0.39, 0.29) is 17.5 Å². The van der Waals surface area contributed by atoms with Crippen molar-refractivity contribution in [1.29, 1.82) is 0 Å². The molecule has 5 rings (SSSR count). The van der Waals surface area contributed by atoms with Crippen LogP contribution in [0.3, 0.4) is 0 Å². The summed E-state index contributed by atoms with van der Waals surface area (Å²) in [7, 11) is 0. The largest absolute Gasteiger partial charge is 0.490 e. The zero-order valence-corrected chi connectivity index (χ0v) is 17.4. The Morgan fingerprint density at radius 3 is 2.83 bits per heavy atom. The van der Waals surface area contributed by atoms with Gasteiger partial charge in [-0.25, -0.2) is 4.79 Å². The number of pyridine rings is 1. The Morgan fingerprint density at radius 2 is 2.13 bits per heavy atom. The molecule has 1 aromatic heterocycles. The van der Waals surface area contributed by atoms with Crippen LogP contribution in [0, 0.1) is 11.8 Å². The van der Waals surface area contributed by atoms with Gasteiger partial charge in [-0.1, -0.05) is 26.7 Å². The maximum Gasteiger partial charge on any atom is 0.341 e. The Morgan fingerprint density at radius 1 is 1.33 bits per heavy atom. The third kappa shape index (κ3) is 3.18. The molecule has 0 saturated heterocycles. The van der Waals surface area contributed by atoms with E-state index in [4.69, 9.17) is 9.47 Å². The lowest BCUT2D eigenvalue weighted by atomic mass is 9.84. The van der Waals surface area contributed by atoms with E-state index in [1.54, 1.807) is 0 Å². The minimum Gasteiger partial charge on any atom is -0.490 e. The summed E-state index contributed by atoms with van der Waals surface area (Å²) in [5.74, 6) is 1.50. The van der Waals surface area contributed by atoms with Crippen molar-refractivity contribution in [3.05, 3.63) is 45.2 Å². The standard InChI is InChI=1S/C24H27NO5/c1-13(2)18-9-15-10-21(29-7-5-14-3-4-14)23-16(6-8-30-23)22(15)19-11-20(26)17(24(27)28)12-25(18)19/h10-14,18H,3-9H2,1-2H3,(H,27,28)/t18-/m0/s1. The molecule has 2 aliphatic heterocycles. The quantitative estimate of drug-likeness (QED) is 0.778. The molecule has 3 heterocycles. The number of hydrogen-bond donors (Lipinski definition) is 1. The van der Waals surface area contributed by atoms with Crippen molar-refractivity contribution in [2.45, 2.75) is 52.0 Å². The van der Waals surface area contributed by atoms with Gasteiger partial charge in [-0.2, -0.15) is 0 Å². The zero-order chi connectivity index (χ0) is 21.0. The van der Waals surface area contributed by atoms with E-state index in [0.717, 1.165) is 59.1 Å². The Hall–Kier alpha value is -2.76. The molecule has 0 spiro atoms. The number of nitrogens with zero attached hydrogens (tertiary/aromatic N) is 1. The number of carbonyl (C=O) groups is 1. The highest BCUT2D eigenvalue weighted by atomic mass is 16.5. The molecule has 3 aliphatic rings. The topological polar surface area (TPSA) is 77.8 Å². The predicted octanol–water partition coefficient (Wildman–Crippen LogP) is 4.08. The number of ether oxygens (including phenoxy) is 2. The summed E-state index contributed by atoms with van der Waals surface area (Å²) < 4.78 is 14.1. The van der Waals surface area contributed by atoms with Crippen LogP contribution in [0.2, 0.25) is 0 Å². The first-order valence-corrected chi connectivity index (χ1v) is 10.9. The zero-order valence-electron chi connectivity index (χ0n) is 17.4. The fourth-order valence-electron chi connectivity index (χ4n) is 4.80. The molecule has 158 valence electrons. The second-order valence-electron chi connectivity index (χ2n) is 9.06. The van der Waals surface area contributed by atoms with Gasteiger partial charge in [-0.3, -0.25) is 4.79 Å². The van der Waals surface area contributed by atoms with Crippen LogP contribution in [0.4, 0.5) is 0 Å². The smallest absolute Gasteiger partial charge is 0.341 e. The van der Waals surface area contributed by atoms with Gasteiger partial charge in [0.05, 0.1) is 18.9 Å². The lowest BCUT2D eigenvalue weighted by molar-refractivity contribution is 0.0694. The van der Waals surface area contributed by atoms with Crippen LogP contribution in [0.15, 0.2) is 23.1 Å². The van der Waals surface area contributed by atoms with E-state index in [0.29, 0.717) is 13.2 Å². The molecule has 2 aromatic rings. The number of aromatic carboxylic acids is 1. The van der Waals surface area contributed by atoms with E-state index in [1.807, 2.05) is 4.57 Å². The van der Waals surface area contributed by atoms with Gasteiger partial charge >= 0.3 is 5.97 Å². The minimum atomic E-state index is -1.18. The van der Waals surface area contributed by atoms with Crippen LogP contribution >= 0.6 is 0 Å². The molecule has 1 saturated carbocycles. The summed E-state index contributed by atoms with van der Waals surface area (Å²) >= 11 is 0. The summed E-state index contributed by atoms with van der Waals surface area (Å²) in [5, 5.41) is 9.45. The lowest BCUT2D eigenvalue weighted by Crippen LogP contribution is -2.28. The summed E-state index contributed by atoms with van der Waals surface area (Å²) in [6, 6.07) is 3.65. The Balaban J connectivity index is 1.64. The molecule has 0 unspecified atom stereocenters. The first kappa shape index (κ1) is 19.2. The maximum atomic E-state index is 12.5. The van der Waals surface area contributed by atoms with Crippen LogP contribution in [0.1, 0.15) is 60.6 Å². The number of carboxylic acids is 1. The number of benzene rings is 1. The molecule has 0 bridgehead atoms. The molecule has 1 aliphatic carbocycles. The van der Waals surface area contributed by atoms with Crippen LogP contribution in [-0.4, -0.2) is 28.9 Å². The number of fused-ring (bicyclic) bond motifs is 5. The van der Waals surface area contributed by atoms with Gasteiger partial charge in [-0.15, -0.1) is 0 Å². The van der Waals surface area contributed by atoms with Gasteiger partial charge in [0.2, 0.25) is 0 Å².